The molecule has 0 saturated heterocycles. The van der Waals surface area contributed by atoms with Crippen molar-refractivity contribution in [3.05, 3.63) is 75.3 Å². The van der Waals surface area contributed by atoms with E-state index in [2.05, 4.69) is 15.3 Å². The summed E-state index contributed by atoms with van der Waals surface area (Å²) in [5, 5.41) is 13.7. The molecule has 0 fully saturated rings. The monoisotopic (exact) mass is 376 g/mol. The van der Waals surface area contributed by atoms with E-state index in [-0.39, 0.29) is 17.6 Å². The number of nitrogens with one attached hydrogen (secondary N) is 2. The van der Waals surface area contributed by atoms with Gasteiger partial charge >= 0.3 is 5.88 Å². The van der Waals surface area contributed by atoms with E-state index in [1.54, 1.807) is 18.2 Å². The molecular formula is C20H16N4O4. The van der Waals surface area contributed by atoms with Gasteiger partial charge in [-0.05, 0) is 49.7 Å². The van der Waals surface area contributed by atoms with Crippen LogP contribution in [-0.2, 0) is 0 Å². The van der Waals surface area contributed by atoms with Crippen LogP contribution in [0.25, 0.3) is 22.6 Å². The Morgan fingerprint density at radius 2 is 1.96 bits per heavy atom. The van der Waals surface area contributed by atoms with Crippen LogP contribution in [0, 0.1) is 24.0 Å². The van der Waals surface area contributed by atoms with Gasteiger partial charge < -0.3 is 14.7 Å². The first-order chi connectivity index (χ1) is 13.4. The third-order valence-corrected chi connectivity index (χ3v) is 4.38. The standard InChI is InChI=1S/C20H16N4O4/c1-11-3-5-14(12(2)9-11)23-20(25)13-4-6-15-16(10-13)22-19(21-15)17-7-8-18(28-17)24(26)27/h3-10H,1-2H3,(H,21,22)(H,23,25). The van der Waals surface area contributed by atoms with Crippen molar-refractivity contribution in [2.75, 3.05) is 5.32 Å². The van der Waals surface area contributed by atoms with Gasteiger partial charge in [-0.1, -0.05) is 17.7 Å². The molecule has 140 valence electrons. The predicted molar refractivity (Wildman–Crippen MR) is 104 cm³/mol. The number of rotatable bonds is 4. The van der Waals surface area contributed by atoms with Crippen LogP contribution in [0.2, 0.25) is 0 Å². The molecule has 0 unspecified atom stereocenters. The topological polar surface area (TPSA) is 114 Å². The maximum Gasteiger partial charge on any atom is 0.433 e. The summed E-state index contributed by atoms with van der Waals surface area (Å²) in [5.74, 6) is 0.0156. The Morgan fingerprint density at radius 1 is 1.14 bits per heavy atom. The van der Waals surface area contributed by atoms with E-state index in [9.17, 15) is 14.9 Å². The number of carbonyl (C=O) groups is 1. The van der Waals surface area contributed by atoms with Gasteiger partial charge in [-0.2, -0.15) is 0 Å². The number of fused-ring (bicyclic) bond motifs is 1. The van der Waals surface area contributed by atoms with Gasteiger partial charge in [-0.3, -0.25) is 14.9 Å². The largest absolute Gasteiger partial charge is 0.433 e. The van der Waals surface area contributed by atoms with Crippen LogP contribution in [0.1, 0.15) is 21.5 Å². The van der Waals surface area contributed by atoms with Crippen LogP contribution in [-0.4, -0.2) is 20.8 Å². The van der Waals surface area contributed by atoms with E-state index in [0.29, 0.717) is 22.4 Å². The highest BCUT2D eigenvalue weighted by atomic mass is 16.6. The van der Waals surface area contributed by atoms with E-state index in [4.69, 9.17) is 4.42 Å². The number of H-pyrrole nitrogens is 1. The van der Waals surface area contributed by atoms with Crippen molar-refractivity contribution in [2.24, 2.45) is 0 Å². The molecule has 0 aliphatic heterocycles. The second-order valence-corrected chi connectivity index (χ2v) is 6.48. The van der Waals surface area contributed by atoms with E-state index in [1.807, 2.05) is 32.0 Å². The smallest absolute Gasteiger partial charge is 0.397 e. The Morgan fingerprint density at radius 3 is 2.68 bits per heavy atom. The summed E-state index contributed by atoms with van der Waals surface area (Å²) in [6.45, 7) is 3.94. The number of anilines is 1. The van der Waals surface area contributed by atoms with E-state index in [0.717, 1.165) is 16.8 Å². The molecular weight excluding hydrogens is 360 g/mol. The Bertz CT molecular complexity index is 1220. The predicted octanol–water partition coefficient (Wildman–Crippen LogP) is 4.60. The van der Waals surface area contributed by atoms with E-state index < -0.39 is 4.92 Å². The summed E-state index contributed by atoms with van der Waals surface area (Å²) in [4.78, 5) is 30.2. The summed E-state index contributed by atoms with van der Waals surface area (Å²) in [6.07, 6.45) is 0. The van der Waals surface area contributed by atoms with Crippen LogP contribution >= 0.6 is 0 Å². The SMILES string of the molecule is Cc1ccc(NC(=O)c2ccc3nc(-c4ccc([N+](=O)[O-])o4)[nH]c3c2)c(C)c1. The Hall–Kier alpha value is -3.94. The Kier molecular flexibility index (Phi) is 4.15. The zero-order valence-corrected chi connectivity index (χ0v) is 15.1. The minimum Gasteiger partial charge on any atom is -0.397 e. The molecule has 2 aromatic carbocycles. The third kappa shape index (κ3) is 3.23. The molecule has 28 heavy (non-hydrogen) atoms. The second-order valence-electron chi connectivity index (χ2n) is 6.48. The lowest BCUT2D eigenvalue weighted by molar-refractivity contribution is -0.401. The molecule has 1 amide bonds. The number of amides is 1. The number of aryl methyl sites for hydroxylation is 2. The van der Waals surface area contributed by atoms with Gasteiger partial charge in [0, 0.05) is 11.3 Å². The molecule has 0 aliphatic rings. The molecule has 0 atom stereocenters. The molecule has 2 heterocycles. The van der Waals surface area contributed by atoms with Crippen molar-refractivity contribution in [3.63, 3.8) is 0 Å². The molecule has 0 aliphatic carbocycles. The van der Waals surface area contributed by atoms with Gasteiger partial charge in [0.1, 0.15) is 4.92 Å². The molecule has 0 saturated carbocycles. The van der Waals surface area contributed by atoms with Crippen LogP contribution < -0.4 is 5.32 Å². The first kappa shape index (κ1) is 17.5. The number of aromatic nitrogens is 2. The Balaban J connectivity index is 1.62. The second kappa shape index (κ2) is 6.66. The minimum atomic E-state index is -0.609. The Labute approximate surface area is 159 Å². The number of aromatic amines is 1. The number of nitro groups is 1. The van der Waals surface area contributed by atoms with Crippen LogP contribution in [0.4, 0.5) is 11.6 Å². The molecule has 4 aromatic rings. The molecule has 2 aromatic heterocycles. The number of nitrogens with zero attached hydrogens (tertiary/aromatic N) is 2. The van der Waals surface area contributed by atoms with Gasteiger partial charge in [0.05, 0.1) is 17.1 Å². The lowest BCUT2D eigenvalue weighted by atomic mass is 10.1. The maximum atomic E-state index is 12.6. The van der Waals surface area contributed by atoms with Crippen molar-refractivity contribution < 1.29 is 14.1 Å². The van der Waals surface area contributed by atoms with E-state index in [1.165, 1.54) is 12.1 Å². The number of hydrogen-bond donors (Lipinski definition) is 2. The average molecular weight is 376 g/mol. The van der Waals surface area contributed by atoms with Gasteiger partial charge in [0.2, 0.25) is 0 Å². The van der Waals surface area contributed by atoms with Crippen LogP contribution in [0.5, 0.6) is 0 Å². The van der Waals surface area contributed by atoms with Gasteiger partial charge in [0.15, 0.2) is 11.6 Å². The molecule has 2 N–H and O–H groups in total. The lowest BCUT2D eigenvalue weighted by Crippen LogP contribution is -2.12. The van der Waals surface area contributed by atoms with Crippen molar-refractivity contribution >= 4 is 28.5 Å². The summed E-state index contributed by atoms with van der Waals surface area (Å²) >= 11 is 0. The number of hydrogen-bond acceptors (Lipinski definition) is 5. The van der Waals surface area contributed by atoms with Gasteiger partial charge in [-0.25, -0.2) is 4.98 Å². The fourth-order valence-electron chi connectivity index (χ4n) is 2.97. The first-order valence-electron chi connectivity index (χ1n) is 8.54. The average Bonchev–Trinajstić information content (AvgIpc) is 3.29. The summed E-state index contributed by atoms with van der Waals surface area (Å²) in [5.41, 5.74) is 4.58. The van der Waals surface area contributed by atoms with Crippen LogP contribution in [0.15, 0.2) is 52.9 Å². The highest BCUT2D eigenvalue weighted by molar-refractivity contribution is 6.06. The quantitative estimate of drug-likeness (QED) is 0.399. The highest BCUT2D eigenvalue weighted by Gasteiger charge is 2.16. The molecule has 0 spiro atoms. The zero-order valence-electron chi connectivity index (χ0n) is 15.1. The van der Waals surface area contributed by atoms with E-state index >= 15 is 0 Å². The summed E-state index contributed by atoms with van der Waals surface area (Å²) in [6, 6.07) is 13.6. The number of furan rings is 1. The summed E-state index contributed by atoms with van der Waals surface area (Å²) < 4.78 is 5.17. The van der Waals surface area contributed by atoms with Crippen LogP contribution in [0.3, 0.4) is 0 Å². The minimum absolute atomic E-state index is 0.237. The molecule has 8 heteroatoms. The molecule has 0 radical (unpaired) electrons. The molecule has 4 rings (SSSR count). The van der Waals surface area contributed by atoms with Crippen molar-refractivity contribution in [1.29, 1.82) is 0 Å². The highest BCUT2D eigenvalue weighted by Crippen LogP contribution is 2.26. The van der Waals surface area contributed by atoms with Gasteiger partial charge in [0.25, 0.3) is 5.91 Å². The number of imidazole rings is 1. The number of carbonyl (C=O) groups excluding carboxylic acids is 1. The normalized spacial score (nSPS) is 10.9. The lowest BCUT2D eigenvalue weighted by Gasteiger charge is -2.09. The van der Waals surface area contributed by atoms with Crippen molar-refractivity contribution in [1.82, 2.24) is 9.97 Å². The third-order valence-electron chi connectivity index (χ3n) is 4.38. The fourth-order valence-corrected chi connectivity index (χ4v) is 2.97. The zero-order chi connectivity index (χ0) is 19.8. The maximum absolute atomic E-state index is 12.6. The first-order valence-corrected chi connectivity index (χ1v) is 8.54. The van der Waals surface area contributed by atoms with Crippen molar-refractivity contribution in [2.45, 2.75) is 13.8 Å². The molecule has 8 nitrogen and oxygen atoms in total. The summed E-state index contributed by atoms with van der Waals surface area (Å²) in [7, 11) is 0. The fraction of sp³-hybridized carbons (Fsp3) is 0.100. The number of benzene rings is 2. The molecule has 0 bridgehead atoms. The van der Waals surface area contributed by atoms with Crippen molar-refractivity contribution in [3.8, 4) is 11.6 Å². The van der Waals surface area contributed by atoms with Gasteiger partial charge in [-0.15, -0.1) is 0 Å².